The Morgan fingerprint density at radius 1 is 1.23 bits per heavy atom. The van der Waals surface area contributed by atoms with Crippen LogP contribution >= 0.6 is 0 Å². The van der Waals surface area contributed by atoms with Crippen LogP contribution in [0.15, 0.2) is 0 Å². The first-order chi connectivity index (χ1) is 6.29. The van der Waals surface area contributed by atoms with E-state index >= 15 is 0 Å². The maximum atomic E-state index is 6.16. The normalized spacial score (nSPS) is 76.4. The minimum Gasteiger partial charge on any atom is -0.359 e. The summed E-state index contributed by atoms with van der Waals surface area (Å²) in [4.78, 5) is 2.61. The Bertz CT molecular complexity index is 322. The molecule has 0 aromatic carbocycles. The van der Waals surface area contributed by atoms with E-state index in [0.29, 0.717) is 0 Å². The van der Waals surface area contributed by atoms with Gasteiger partial charge in [-0.3, -0.25) is 4.90 Å². The number of hydrogen-bond acceptors (Lipinski definition) is 2. The van der Waals surface area contributed by atoms with E-state index in [0.717, 1.165) is 35.7 Å². The van der Waals surface area contributed by atoms with Gasteiger partial charge in [0.15, 0.2) is 0 Å². The molecule has 0 amide bonds. The second kappa shape index (κ2) is 1.40. The molecule has 2 unspecified atom stereocenters. The van der Waals surface area contributed by atoms with E-state index in [2.05, 4.69) is 11.8 Å². The van der Waals surface area contributed by atoms with Crippen molar-refractivity contribution in [2.75, 3.05) is 19.7 Å². The zero-order chi connectivity index (χ0) is 8.42. The Kier molecular flexibility index (Phi) is 0.688. The Hall–Kier alpha value is -0.0800. The van der Waals surface area contributed by atoms with Crippen molar-refractivity contribution in [1.29, 1.82) is 0 Å². The second-order valence-corrected chi connectivity index (χ2v) is 5.95. The SMILES string of the molecule is CC12C3[C@H]1C[C@@H]1[C@H]2CO[C@]31N1CC1. The Balaban J connectivity index is 1.77. The Labute approximate surface area is 78.2 Å². The molecule has 2 saturated heterocycles. The molecule has 0 aromatic rings. The molecule has 6 bridgehead atoms. The summed E-state index contributed by atoms with van der Waals surface area (Å²) in [6.07, 6.45) is 1.49. The maximum absolute atomic E-state index is 6.16. The first-order valence-electron chi connectivity index (χ1n) is 5.68. The summed E-state index contributed by atoms with van der Waals surface area (Å²) in [6, 6.07) is 0. The summed E-state index contributed by atoms with van der Waals surface area (Å²) in [5.74, 6) is 3.84. The van der Waals surface area contributed by atoms with E-state index in [1.807, 2.05) is 0 Å². The van der Waals surface area contributed by atoms with Crippen LogP contribution in [0.1, 0.15) is 13.3 Å². The van der Waals surface area contributed by atoms with Crippen LogP contribution in [0.2, 0.25) is 0 Å². The fraction of sp³-hybridized carbons (Fsp3) is 1.00. The van der Waals surface area contributed by atoms with Crippen LogP contribution in [-0.4, -0.2) is 30.3 Å². The van der Waals surface area contributed by atoms with E-state index in [9.17, 15) is 0 Å². The van der Waals surface area contributed by atoms with E-state index in [4.69, 9.17) is 4.74 Å². The van der Waals surface area contributed by atoms with Gasteiger partial charge in [0.05, 0.1) is 6.61 Å². The van der Waals surface area contributed by atoms with Gasteiger partial charge in [0.2, 0.25) is 0 Å². The van der Waals surface area contributed by atoms with Gasteiger partial charge < -0.3 is 4.74 Å². The minimum atomic E-state index is 0.282. The highest BCUT2D eigenvalue weighted by atomic mass is 16.5. The van der Waals surface area contributed by atoms with Crippen LogP contribution in [0.5, 0.6) is 0 Å². The monoisotopic (exact) mass is 177 g/mol. The lowest BCUT2D eigenvalue weighted by Gasteiger charge is -2.31. The van der Waals surface area contributed by atoms with Crippen molar-refractivity contribution in [3.8, 4) is 0 Å². The molecule has 2 nitrogen and oxygen atoms in total. The quantitative estimate of drug-likeness (QED) is 0.552. The van der Waals surface area contributed by atoms with Crippen LogP contribution in [0, 0.1) is 29.1 Å². The van der Waals surface area contributed by atoms with E-state index in [1.165, 1.54) is 19.5 Å². The highest BCUT2D eigenvalue weighted by Crippen LogP contribution is 2.88. The molecule has 0 spiro atoms. The maximum Gasteiger partial charge on any atom is 0.128 e. The summed E-state index contributed by atoms with van der Waals surface area (Å²) in [6.45, 7) is 6.22. The van der Waals surface area contributed by atoms with Crippen molar-refractivity contribution in [1.82, 2.24) is 4.90 Å². The van der Waals surface area contributed by atoms with Crippen molar-refractivity contribution in [2.24, 2.45) is 29.1 Å². The third-order valence-corrected chi connectivity index (χ3v) is 5.97. The lowest BCUT2D eigenvalue weighted by molar-refractivity contribution is -0.113. The predicted molar refractivity (Wildman–Crippen MR) is 46.9 cm³/mol. The standard InChI is InChI=1S/C11H15NO/c1-10-7-4-6-8(10)5-13-11(6,9(7)10)12-2-3-12/h6-9H,2-5H2,1H3/t6-,7-,8-,9?,10?,11+/m1/s1. The average Bonchev–Trinajstić information content (AvgIpc) is 2.90. The van der Waals surface area contributed by atoms with E-state index < -0.39 is 0 Å². The van der Waals surface area contributed by atoms with Crippen LogP contribution < -0.4 is 0 Å². The highest BCUT2D eigenvalue weighted by Gasteiger charge is 2.91. The summed E-state index contributed by atoms with van der Waals surface area (Å²) in [5.41, 5.74) is 1.01. The van der Waals surface area contributed by atoms with Gasteiger partial charge in [-0.2, -0.15) is 0 Å². The summed E-state index contributed by atoms with van der Waals surface area (Å²) >= 11 is 0. The molecule has 6 rings (SSSR count). The number of rotatable bonds is 1. The third-order valence-electron chi connectivity index (χ3n) is 5.97. The molecule has 13 heavy (non-hydrogen) atoms. The van der Waals surface area contributed by atoms with Gasteiger partial charge in [-0.05, 0) is 23.7 Å². The zero-order valence-corrected chi connectivity index (χ0v) is 7.99. The fourth-order valence-electron chi connectivity index (χ4n) is 5.45. The first-order valence-corrected chi connectivity index (χ1v) is 5.68. The predicted octanol–water partition coefficient (Wildman–Crippen LogP) is 0.930. The molecule has 0 radical (unpaired) electrons. The van der Waals surface area contributed by atoms with Gasteiger partial charge in [0.1, 0.15) is 5.72 Å². The van der Waals surface area contributed by atoms with Gasteiger partial charge in [-0.1, -0.05) is 6.92 Å². The highest BCUT2D eigenvalue weighted by molar-refractivity contribution is 5.36. The van der Waals surface area contributed by atoms with Crippen molar-refractivity contribution >= 4 is 0 Å². The summed E-state index contributed by atoms with van der Waals surface area (Å²) < 4.78 is 6.16. The molecule has 6 fully saturated rings. The lowest BCUT2D eigenvalue weighted by Crippen LogP contribution is -2.42. The fourth-order valence-corrected chi connectivity index (χ4v) is 5.45. The molecule has 4 aliphatic carbocycles. The lowest BCUT2D eigenvalue weighted by atomic mass is 9.92. The smallest absolute Gasteiger partial charge is 0.128 e. The molecule has 0 N–H and O–H groups in total. The third kappa shape index (κ3) is 0.389. The average molecular weight is 177 g/mol. The Morgan fingerprint density at radius 2 is 2.08 bits per heavy atom. The van der Waals surface area contributed by atoms with Gasteiger partial charge in [0, 0.05) is 24.9 Å². The molecule has 6 aliphatic rings. The molecule has 2 aliphatic heterocycles. The van der Waals surface area contributed by atoms with Crippen LogP contribution in [0.25, 0.3) is 0 Å². The van der Waals surface area contributed by atoms with Gasteiger partial charge in [0.25, 0.3) is 0 Å². The van der Waals surface area contributed by atoms with E-state index in [1.54, 1.807) is 0 Å². The molecular formula is C11H15NO. The van der Waals surface area contributed by atoms with Crippen molar-refractivity contribution < 1.29 is 4.74 Å². The number of nitrogens with zero attached hydrogens (tertiary/aromatic N) is 1. The largest absolute Gasteiger partial charge is 0.359 e. The Morgan fingerprint density at radius 3 is 2.62 bits per heavy atom. The topological polar surface area (TPSA) is 12.2 Å². The van der Waals surface area contributed by atoms with Crippen LogP contribution in [0.3, 0.4) is 0 Å². The zero-order valence-electron chi connectivity index (χ0n) is 7.99. The van der Waals surface area contributed by atoms with Gasteiger partial charge in [-0.15, -0.1) is 0 Å². The summed E-state index contributed by atoms with van der Waals surface area (Å²) in [7, 11) is 0. The van der Waals surface area contributed by atoms with Crippen molar-refractivity contribution in [2.45, 2.75) is 19.1 Å². The minimum absolute atomic E-state index is 0.282. The molecular weight excluding hydrogens is 162 g/mol. The van der Waals surface area contributed by atoms with Crippen molar-refractivity contribution in [3.05, 3.63) is 0 Å². The van der Waals surface area contributed by atoms with E-state index in [-0.39, 0.29) is 5.72 Å². The van der Waals surface area contributed by atoms with Crippen LogP contribution in [0.4, 0.5) is 0 Å². The molecule has 6 atom stereocenters. The second-order valence-electron chi connectivity index (χ2n) is 5.95. The summed E-state index contributed by atoms with van der Waals surface area (Å²) in [5, 5.41) is 0. The molecule has 70 valence electrons. The molecule has 2 heteroatoms. The van der Waals surface area contributed by atoms with Gasteiger partial charge in [-0.25, -0.2) is 0 Å². The molecule has 4 saturated carbocycles. The van der Waals surface area contributed by atoms with Crippen LogP contribution in [-0.2, 0) is 4.74 Å². The molecule has 0 aromatic heterocycles. The number of ether oxygens (including phenoxy) is 1. The molecule has 2 heterocycles. The van der Waals surface area contributed by atoms with Crippen molar-refractivity contribution in [3.63, 3.8) is 0 Å². The van der Waals surface area contributed by atoms with Gasteiger partial charge >= 0.3 is 0 Å². The first kappa shape index (κ1) is 6.41. The number of hydrogen-bond donors (Lipinski definition) is 0.